The Morgan fingerprint density at radius 1 is 0.880 bits per heavy atom. The normalized spacial score (nSPS) is 10.4. The maximum Gasteiger partial charge on any atom is 0.249 e. The van der Waals surface area contributed by atoms with Crippen molar-refractivity contribution < 1.29 is 9.18 Å². The molecule has 0 saturated heterocycles. The van der Waals surface area contributed by atoms with Crippen LogP contribution in [-0.4, -0.2) is 19.1 Å². The van der Waals surface area contributed by atoms with E-state index in [4.69, 9.17) is 5.73 Å². The van der Waals surface area contributed by atoms with E-state index in [1.54, 1.807) is 12.1 Å². The minimum atomic E-state index is -0.489. The first-order chi connectivity index (χ1) is 12.2. The lowest BCUT2D eigenvalue weighted by Gasteiger charge is -2.15. The van der Waals surface area contributed by atoms with E-state index in [1.807, 2.05) is 60.7 Å². The van der Waals surface area contributed by atoms with E-state index in [0.717, 1.165) is 27.9 Å². The van der Waals surface area contributed by atoms with E-state index in [9.17, 15) is 9.18 Å². The van der Waals surface area contributed by atoms with Crippen molar-refractivity contribution in [2.75, 3.05) is 18.5 Å². The first kappa shape index (κ1) is 16.7. The molecule has 0 aliphatic carbocycles. The Morgan fingerprint density at radius 2 is 1.60 bits per heavy atom. The molecule has 0 unspecified atom stereocenters. The number of halogens is 1. The van der Waals surface area contributed by atoms with E-state index in [2.05, 4.69) is 5.32 Å². The molecule has 0 fully saturated rings. The molecule has 0 spiro atoms. The molecular formula is C21H19FN2O. The summed E-state index contributed by atoms with van der Waals surface area (Å²) in [4.78, 5) is 11.8. The molecule has 0 atom stereocenters. The van der Waals surface area contributed by atoms with Gasteiger partial charge in [0.2, 0.25) is 5.91 Å². The summed E-state index contributed by atoms with van der Waals surface area (Å²) in [5.74, 6) is -0.489. The van der Waals surface area contributed by atoms with Crippen LogP contribution in [0.15, 0.2) is 72.8 Å². The largest absolute Gasteiger partial charge is 0.382 e. The molecule has 0 aromatic heterocycles. The molecule has 3 N–H and O–H groups in total. The van der Waals surface area contributed by atoms with Crippen LogP contribution in [0.25, 0.3) is 22.3 Å². The van der Waals surface area contributed by atoms with Crippen LogP contribution >= 0.6 is 0 Å². The topological polar surface area (TPSA) is 55.1 Å². The van der Waals surface area contributed by atoms with Crippen LogP contribution in [-0.2, 0) is 0 Å². The van der Waals surface area contributed by atoms with Crippen LogP contribution in [0.2, 0.25) is 0 Å². The first-order valence-electron chi connectivity index (χ1n) is 8.09. The minimum absolute atomic E-state index is 0.205. The fourth-order valence-corrected chi connectivity index (χ4v) is 2.85. The van der Waals surface area contributed by atoms with Crippen LogP contribution in [0.4, 0.5) is 10.1 Å². The van der Waals surface area contributed by atoms with Gasteiger partial charge < -0.3 is 11.1 Å². The van der Waals surface area contributed by atoms with Gasteiger partial charge in [-0.05, 0) is 34.9 Å². The van der Waals surface area contributed by atoms with E-state index < -0.39 is 12.6 Å². The highest BCUT2D eigenvalue weighted by molar-refractivity contribution is 6.02. The predicted octanol–water partition coefficient (Wildman–Crippen LogP) is 4.50. The number of hydrogen-bond acceptors (Lipinski definition) is 2. The Hall–Kier alpha value is -3.14. The van der Waals surface area contributed by atoms with Gasteiger partial charge in [0, 0.05) is 23.4 Å². The molecule has 0 heterocycles. The van der Waals surface area contributed by atoms with Gasteiger partial charge in [-0.2, -0.15) is 0 Å². The van der Waals surface area contributed by atoms with Crippen molar-refractivity contribution in [3.63, 3.8) is 0 Å². The summed E-state index contributed by atoms with van der Waals surface area (Å²) in [7, 11) is 0. The molecule has 3 nitrogen and oxygen atoms in total. The zero-order chi connectivity index (χ0) is 17.6. The highest BCUT2D eigenvalue weighted by Gasteiger charge is 2.14. The van der Waals surface area contributed by atoms with Crippen LogP contribution in [0.3, 0.4) is 0 Å². The average molecular weight is 334 g/mol. The number of hydrogen-bond donors (Lipinski definition) is 2. The second-order valence-corrected chi connectivity index (χ2v) is 5.65. The molecule has 25 heavy (non-hydrogen) atoms. The smallest absolute Gasteiger partial charge is 0.249 e. The van der Waals surface area contributed by atoms with Crippen LogP contribution in [0.5, 0.6) is 0 Å². The number of nitrogens with two attached hydrogens (primary N) is 1. The van der Waals surface area contributed by atoms with Gasteiger partial charge in [0.1, 0.15) is 6.67 Å². The average Bonchev–Trinajstić information content (AvgIpc) is 2.67. The third-order valence-electron chi connectivity index (χ3n) is 4.02. The SMILES string of the molecule is NC(=O)c1ccccc1-c1cc(-c2ccccc2)ccc1NCCF. The van der Waals surface area contributed by atoms with Gasteiger partial charge in [0.15, 0.2) is 0 Å². The molecule has 0 radical (unpaired) electrons. The van der Waals surface area contributed by atoms with Crippen molar-refractivity contribution in [2.24, 2.45) is 5.73 Å². The zero-order valence-electron chi connectivity index (χ0n) is 13.7. The number of rotatable bonds is 6. The third-order valence-corrected chi connectivity index (χ3v) is 4.02. The molecule has 3 aromatic carbocycles. The molecule has 126 valence electrons. The molecule has 3 rings (SSSR count). The number of amides is 1. The highest BCUT2D eigenvalue weighted by Crippen LogP contribution is 2.34. The van der Waals surface area contributed by atoms with Gasteiger partial charge >= 0.3 is 0 Å². The van der Waals surface area contributed by atoms with Gasteiger partial charge in [-0.25, -0.2) is 4.39 Å². The van der Waals surface area contributed by atoms with Gasteiger partial charge in [-0.15, -0.1) is 0 Å². The lowest BCUT2D eigenvalue weighted by Crippen LogP contribution is -2.13. The highest BCUT2D eigenvalue weighted by atomic mass is 19.1. The molecular weight excluding hydrogens is 315 g/mol. The lowest BCUT2D eigenvalue weighted by atomic mass is 9.94. The summed E-state index contributed by atoms with van der Waals surface area (Å²) >= 11 is 0. The monoisotopic (exact) mass is 334 g/mol. The Morgan fingerprint density at radius 3 is 2.32 bits per heavy atom. The Bertz CT molecular complexity index is 878. The Balaban J connectivity index is 2.16. The van der Waals surface area contributed by atoms with Crippen molar-refractivity contribution >= 4 is 11.6 Å². The summed E-state index contributed by atoms with van der Waals surface area (Å²) in [6, 6.07) is 23.0. The Labute approximate surface area is 146 Å². The second kappa shape index (κ2) is 7.62. The molecule has 0 aliphatic rings. The molecule has 4 heteroatoms. The van der Waals surface area contributed by atoms with Gasteiger partial charge in [-0.3, -0.25) is 4.79 Å². The maximum atomic E-state index is 12.6. The fraction of sp³-hybridized carbons (Fsp3) is 0.0952. The number of carbonyl (C=O) groups is 1. The van der Waals surface area contributed by atoms with Crippen molar-refractivity contribution in [1.82, 2.24) is 0 Å². The van der Waals surface area contributed by atoms with Crippen molar-refractivity contribution in [2.45, 2.75) is 0 Å². The van der Waals surface area contributed by atoms with Crippen LogP contribution in [0.1, 0.15) is 10.4 Å². The summed E-state index contributed by atoms with van der Waals surface area (Å²) in [6.45, 7) is -0.270. The van der Waals surface area contributed by atoms with Gasteiger partial charge in [0.25, 0.3) is 0 Å². The van der Waals surface area contributed by atoms with E-state index in [0.29, 0.717) is 5.56 Å². The van der Waals surface area contributed by atoms with Crippen LogP contribution < -0.4 is 11.1 Å². The lowest BCUT2D eigenvalue weighted by molar-refractivity contribution is 0.100. The number of alkyl halides is 1. The summed E-state index contributed by atoms with van der Waals surface area (Å²) in [5.41, 5.74) is 10.4. The van der Waals surface area contributed by atoms with E-state index in [-0.39, 0.29) is 6.54 Å². The molecule has 0 aliphatic heterocycles. The number of benzene rings is 3. The molecule has 3 aromatic rings. The predicted molar refractivity (Wildman–Crippen MR) is 100 cm³/mol. The standard InChI is InChI=1S/C21H19FN2O/c22-12-13-24-20-11-10-16(15-6-2-1-3-7-15)14-19(20)17-8-4-5-9-18(17)21(23)25/h1-11,14,24H,12-13H2,(H2,23,25). The quantitative estimate of drug-likeness (QED) is 0.697. The molecule has 0 saturated carbocycles. The van der Waals surface area contributed by atoms with E-state index in [1.165, 1.54) is 0 Å². The third kappa shape index (κ3) is 3.69. The van der Waals surface area contributed by atoms with E-state index >= 15 is 0 Å². The van der Waals surface area contributed by atoms with Crippen molar-refractivity contribution in [3.8, 4) is 22.3 Å². The molecule has 0 bridgehead atoms. The van der Waals surface area contributed by atoms with Gasteiger partial charge in [-0.1, -0.05) is 54.6 Å². The minimum Gasteiger partial charge on any atom is -0.382 e. The first-order valence-corrected chi connectivity index (χ1v) is 8.09. The van der Waals surface area contributed by atoms with Crippen LogP contribution in [0, 0.1) is 0 Å². The summed E-state index contributed by atoms with van der Waals surface area (Å²) < 4.78 is 12.6. The maximum absolute atomic E-state index is 12.6. The summed E-state index contributed by atoms with van der Waals surface area (Å²) in [5, 5.41) is 3.08. The van der Waals surface area contributed by atoms with Crippen molar-refractivity contribution in [3.05, 3.63) is 78.4 Å². The zero-order valence-corrected chi connectivity index (χ0v) is 13.7. The Kier molecular flexibility index (Phi) is 5.09. The number of primary amides is 1. The number of anilines is 1. The summed E-state index contributed by atoms with van der Waals surface area (Å²) in [6.07, 6.45) is 0. The fourth-order valence-electron chi connectivity index (χ4n) is 2.85. The second-order valence-electron chi connectivity index (χ2n) is 5.65. The number of carbonyl (C=O) groups excluding carboxylic acids is 1. The van der Waals surface area contributed by atoms with Crippen molar-refractivity contribution in [1.29, 1.82) is 0 Å². The van der Waals surface area contributed by atoms with Gasteiger partial charge in [0.05, 0.1) is 0 Å². The molecule has 1 amide bonds. The number of nitrogens with one attached hydrogen (secondary N) is 1.